The van der Waals surface area contributed by atoms with E-state index in [0.29, 0.717) is 6.04 Å². The second kappa shape index (κ2) is 5.13. The van der Waals surface area contributed by atoms with E-state index in [9.17, 15) is 4.79 Å². The lowest BCUT2D eigenvalue weighted by molar-refractivity contribution is 0.0688. The molecule has 0 saturated carbocycles. The lowest BCUT2D eigenvalue weighted by atomic mass is 10.1. The van der Waals surface area contributed by atoms with E-state index in [4.69, 9.17) is 0 Å². The van der Waals surface area contributed by atoms with Gasteiger partial charge in [-0.2, -0.15) is 5.10 Å². The van der Waals surface area contributed by atoms with Crippen LogP contribution in [0.4, 0.5) is 0 Å². The van der Waals surface area contributed by atoms with Gasteiger partial charge in [0.15, 0.2) is 0 Å². The van der Waals surface area contributed by atoms with Gasteiger partial charge in [0.2, 0.25) is 0 Å². The minimum Gasteiger partial charge on any atom is -0.329 e. The molecule has 1 saturated heterocycles. The van der Waals surface area contributed by atoms with E-state index in [2.05, 4.69) is 22.2 Å². The van der Waals surface area contributed by atoms with Crippen molar-refractivity contribution in [1.82, 2.24) is 14.7 Å². The number of amides is 1. The first kappa shape index (κ1) is 13.3. The predicted octanol–water partition coefficient (Wildman–Crippen LogP) is 3.11. The number of fused-ring (bicyclic) bond motifs is 2. The Morgan fingerprint density at radius 3 is 2.82 bits per heavy atom. The largest absolute Gasteiger partial charge is 0.329 e. The molecule has 1 amide bonds. The minimum absolute atomic E-state index is 0.122. The van der Waals surface area contributed by atoms with E-state index < -0.39 is 0 Å². The molecule has 2 atom stereocenters. The van der Waals surface area contributed by atoms with E-state index >= 15 is 0 Å². The maximum Gasteiger partial charge on any atom is 0.258 e. The molecule has 3 heterocycles. The number of aromatic nitrogens is 2. The molecule has 2 aliphatic rings. The second-order valence-corrected chi connectivity index (χ2v) is 6.07. The van der Waals surface area contributed by atoms with Crippen LogP contribution in [0, 0.1) is 6.92 Å². The fourth-order valence-corrected chi connectivity index (χ4v) is 3.63. The van der Waals surface area contributed by atoms with Crippen LogP contribution in [0.15, 0.2) is 48.7 Å². The highest BCUT2D eigenvalue weighted by atomic mass is 16.2. The van der Waals surface area contributed by atoms with Crippen molar-refractivity contribution in [2.75, 3.05) is 0 Å². The van der Waals surface area contributed by atoms with Gasteiger partial charge in [-0.05, 0) is 38.3 Å². The van der Waals surface area contributed by atoms with Gasteiger partial charge < -0.3 is 4.90 Å². The number of hydrogen-bond donors (Lipinski definition) is 0. The third-order valence-corrected chi connectivity index (χ3v) is 4.79. The van der Waals surface area contributed by atoms with Crippen molar-refractivity contribution < 1.29 is 4.79 Å². The number of carbonyl (C=O) groups excluding carboxylic acids is 1. The van der Waals surface area contributed by atoms with Crippen molar-refractivity contribution in [3.8, 4) is 5.69 Å². The molecular formula is C18H19N3O. The fourth-order valence-electron chi connectivity index (χ4n) is 3.63. The average molecular weight is 293 g/mol. The van der Waals surface area contributed by atoms with Crippen molar-refractivity contribution in [2.45, 2.75) is 38.3 Å². The van der Waals surface area contributed by atoms with Crippen molar-refractivity contribution in [3.63, 3.8) is 0 Å². The Bertz CT molecular complexity index is 732. The average Bonchev–Trinajstić information content (AvgIpc) is 3.05. The summed E-state index contributed by atoms with van der Waals surface area (Å²) in [5, 5.41) is 4.42. The SMILES string of the molecule is Cc1c(C(=O)N2C3C=CCC2CC3)cnn1-c1ccccc1. The molecule has 1 fully saturated rings. The monoisotopic (exact) mass is 293 g/mol. The molecule has 0 aliphatic carbocycles. The number of benzene rings is 1. The normalized spacial score (nSPS) is 23.0. The van der Waals surface area contributed by atoms with Gasteiger partial charge in [0.05, 0.1) is 29.2 Å². The van der Waals surface area contributed by atoms with Gasteiger partial charge >= 0.3 is 0 Å². The molecule has 4 nitrogen and oxygen atoms in total. The van der Waals surface area contributed by atoms with Gasteiger partial charge in [0.25, 0.3) is 5.91 Å². The molecule has 1 aromatic heterocycles. The molecule has 0 N–H and O–H groups in total. The Balaban J connectivity index is 1.68. The Labute approximate surface area is 130 Å². The minimum atomic E-state index is 0.122. The molecule has 2 bridgehead atoms. The molecular weight excluding hydrogens is 274 g/mol. The van der Waals surface area contributed by atoms with Crippen LogP contribution in [0.2, 0.25) is 0 Å². The van der Waals surface area contributed by atoms with Crippen LogP contribution in [0.1, 0.15) is 35.3 Å². The highest BCUT2D eigenvalue weighted by Gasteiger charge is 2.38. The zero-order valence-corrected chi connectivity index (χ0v) is 12.6. The van der Waals surface area contributed by atoms with Crippen LogP contribution < -0.4 is 0 Å². The van der Waals surface area contributed by atoms with Crippen LogP contribution in [0.25, 0.3) is 5.69 Å². The summed E-state index contributed by atoms with van der Waals surface area (Å²) in [5.74, 6) is 0.122. The van der Waals surface area contributed by atoms with Gasteiger partial charge in [-0.15, -0.1) is 0 Å². The lowest BCUT2D eigenvalue weighted by Gasteiger charge is -2.31. The number of para-hydroxylation sites is 1. The summed E-state index contributed by atoms with van der Waals surface area (Å²) in [7, 11) is 0. The summed E-state index contributed by atoms with van der Waals surface area (Å²) in [4.78, 5) is 15.0. The Hall–Kier alpha value is -2.36. The van der Waals surface area contributed by atoms with Gasteiger partial charge in [-0.1, -0.05) is 30.4 Å². The fraction of sp³-hybridized carbons (Fsp3) is 0.333. The number of nitrogens with zero attached hydrogens (tertiary/aromatic N) is 3. The van der Waals surface area contributed by atoms with E-state index in [1.165, 1.54) is 0 Å². The molecule has 0 spiro atoms. The van der Waals surface area contributed by atoms with Gasteiger partial charge in [0.1, 0.15) is 0 Å². The summed E-state index contributed by atoms with van der Waals surface area (Å²) >= 11 is 0. The van der Waals surface area contributed by atoms with Crippen molar-refractivity contribution in [2.24, 2.45) is 0 Å². The van der Waals surface area contributed by atoms with E-state index in [1.54, 1.807) is 6.20 Å². The first-order valence-electron chi connectivity index (χ1n) is 7.85. The lowest BCUT2D eigenvalue weighted by Crippen LogP contribution is -2.42. The van der Waals surface area contributed by atoms with Crippen LogP contribution in [-0.2, 0) is 0 Å². The molecule has 2 aromatic rings. The van der Waals surface area contributed by atoms with E-state index in [1.807, 2.05) is 41.9 Å². The molecule has 112 valence electrons. The standard InChI is InChI=1S/C18H19N3O/c1-13-17(12-19-21(13)16-6-3-2-4-7-16)18(22)20-14-8-5-9-15(20)11-10-14/h2-8,12,14-15H,9-11H2,1H3. The van der Waals surface area contributed by atoms with Crippen LogP contribution in [-0.4, -0.2) is 32.7 Å². The Kier molecular flexibility index (Phi) is 3.10. The maximum absolute atomic E-state index is 13.0. The Morgan fingerprint density at radius 1 is 1.23 bits per heavy atom. The summed E-state index contributed by atoms with van der Waals surface area (Å²) in [6.45, 7) is 1.97. The third kappa shape index (κ3) is 1.98. The number of carbonyl (C=O) groups is 1. The quantitative estimate of drug-likeness (QED) is 0.798. The molecule has 2 aliphatic heterocycles. The molecule has 0 radical (unpaired) electrons. The second-order valence-electron chi connectivity index (χ2n) is 6.07. The van der Waals surface area contributed by atoms with Gasteiger partial charge in [-0.25, -0.2) is 4.68 Å². The van der Waals surface area contributed by atoms with Crippen LogP contribution in [0.5, 0.6) is 0 Å². The molecule has 2 unspecified atom stereocenters. The highest BCUT2D eigenvalue weighted by molar-refractivity contribution is 5.96. The third-order valence-electron chi connectivity index (χ3n) is 4.79. The van der Waals surface area contributed by atoms with Gasteiger partial charge in [0, 0.05) is 6.04 Å². The topological polar surface area (TPSA) is 38.1 Å². The summed E-state index contributed by atoms with van der Waals surface area (Å²) in [6.07, 6.45) is 9.27. The zero-order valence-electron chi connectivity index (χ0n) is 12.6. The summed E-state index contributed by atoms with van der Waals surface area (Å²) in [5.41, 5.74) is 2.61. The van der Waals surface area contributed by atoms with Crippen molar-refractivity contribution in [3.05, 3.63) is 59.9 Å². The van der Waals surface area contributed by atoms with E-state index in [0.717, 1.165) is 36.2 Å². The van der Waals surface area contributed by atoms with E-state index in [-0.39, 0.29) is 11.9 Å². The molecule has 4 heteroatoms. The highest BCUT2D eigenvalue weighted by Crippen LogP contribution is 2.33. The first-order chi connectivity index (χ1) is 10.8. The zero-order chi connectivity index (χ0) is 15.1. The predicted molar refractivity (Wildman–Crippen MR) is 85.0 cm³/mol. The number of rotatable bonds is 2. The smallest absolute Gasteiger partial charge is 0.258 e. The van der Waals surface area contributed by atoms with Gasteiger partial charge in [-0.3, -0.25) is 4.79 Å². The first-order valence-corrected chi connectivity index (χ1v) is 7.85. The molecule has 22 heavy (non-hydrogen) atoms. The number of hydrogen-bond acceptors (Lipinski definition) is 2. The van der Waals surface area contributed by atoms with Crippen molar-refractivity contribution in [1.29, 1.82) is 0 Å². The maximum atomic E-state index is 13.0. The molecule has 1 aromatic carbocycles. The van der Waals surface area contributed by atoms with Crippen LogP contribution in [0.3, 0.4) is 0 Å². The Morgan fingerprint density at radius 2 is 2.05 bits per heavy atom. The van der Waals surface area contributed by atoms with Crippen molar-refractivity contribution >= 4 is 5.91 Å². The van der Waals surface area contributed by atoms with Crippen LogP contribution >= 0.6 is 0 Å². The summed E-state index contributed by atoms with van der Waals surface area (Å²) < 4.78 is 1.84. The molecule has 4 rings (SSSR count). The summed E-state index contributed by atoms with van der Waals surface area (Å²) in [6, 6.07) is 10.6.